The highest BCUT2D eigenvalue weighted by Crippen LogP contribution is 2.30. The Labute approximate surface area is 192 Å². The molecular weight excluding hydrogens is 450 g/mol. The quantitative estimate of drug-likeness (QED) is 0.256. The van der Waals surface area contributed by atoms with Crippen molar-refractivity contribution in [2.24, 2.45) is 0 Å². The van der Waals surface area contributed by atoms with E-state index in [1.807, 2.05) is 0 Å². The van der Waals surface area contributed by atoms with Gasteiger partial charge in [0.15, 0.2) is 5.76 Å². The van der Waals surface area contributed by atoms with Crippen molar-refractivity contribution >= 4 is 28.9 Å². The summed E-state index contributed by atoms with van der Waals surface area (Å²) >= 11 is 6.05. The van der Waals surface area contributed by atoms with Crippen molar-refractivity contribution in [3.8, 4) is 17.2 Å². The molecule has 4 aromatic rings. The lowest BCUT2D eigenvalue weighted by Crippen LogP contribution is -2.11. The Kier molecular flexibility index (Phi) is 6.51. The fourth-order valence-electron chi connectivity index (χ4n) is 2.84. The van der Waals surface area contributed by atoms with Gasteiger partial charge in [0.1, 0.15) is 29.6 Å². The number of ether oxygens (including phenoxy) is 2. The van der Waals surface area contributed by atoms with Crippen molar-refractivity contribution in [3.63, 3.8) is 0 Å². The number of nitro benzene ring substituents is 1. The fraction of sp³-hybridized carbons (Fsp3) is 0.0435. The summed E-state index contributed by atoms with van der Waals surface area (Å²) in [5.74, 6) is 0.866. The van der Waals surface area contributed by atoms with Crippen molar-refractivity contribution in [2.75, 3.05) is 5.32 Å². The van der Waals surface area contributed by atoms with Crippen LogP contribution < -0.4 is 14.8 Å². The van der Waals surface area contributed by atoms with Gasteiger partial charge in [0, 0.05) is 18.3 Å². The van der Waals surface area contributed by atoms with Gasteiger partial charge in [-0.3, -0.25) is 19.9 Å². The van der Waals surface area contributed by atoms with Gasteiger partial charge < -0.3 is 19.2 Å². The zero-order valence-corrected chi connectivity index (χ0v) is 17.7. The molecule has 2 heterocycles. The molecule has 9 nitrogen and oxygen atoms in total. The molecule has 1 amide bonds. The molecule has 0 fully saturated rings. The van der Waals surface area contributed by atoms with Gasteiger partial charge in [0.2, 0.25) is 0 Å². The maximum Gasteiger partial charge on any atom is 0.291 e. The molecule has 0 aliphatic heterocycles. The number of furan rings is 1. The van der Waals surface area contributed by atoms with Crippen LogP contribution in [-0.4, -0.2) is 15.8 Å². The lowest BCUT2D eigenvalue weighted by Gasteiger charge is -2.09. The van der Waals surface area contributed by atoms with Crippen molar-refractivity contribution < 1.29 is 23.6 Å². The largest absolute Gasteiger partial charge is 0.484 e. The number of nitrogens with zero attached hydrogens (tertiary/aromatic N) is 2. The van der Waals surface area contributed by atoms with E-state index in [0.29, 0.717) is 22.3 Å². The van der Waals surface area contributed by atoms with Gasteiger partial charge in [-0.15, -0.1) is 0 Å². The summed E-state index contributed by atoms with van der Waals surface area (Å²) in [6.45, 7) is 0.0664. The van der Waals surface area contributed by atoms with Gasteiger partial charge in [-0.25, -0.2) is 0 Å². The van der Waals surface area contributed by atoms with E-state index in [1.54, 1.807) is 48.7 Å². The Balaban J connectivity index is 1.46. The van der Waals surface area contributed by atoms with Crippen LogP contribution in [0.3, 0.4) is 0 Å². The van der Waals surface area contributed by atoms with E-state index in [4.69, 9.17) is 25.5 Å². The van der Waals surface area contributed by atoms with Gasteiger partial charge in [-0.2, -0.15) is 0 Å². The van der Waals surface area contributed by atoms with Gasteiger partial charge in [-0.05, 0) is 36.4 Å². The van der Waals surface area contributed by atoms with Crippen LogP contribution in [0.4, 0.5) is 11.4 Å². The summed E-state index contributed by atoms with van der Waals surface area (Å²) in [5.41, 5.74) is -0.0849. The maximum absolute atomic E-state index is 12.6. The lowest BCUT2D eigenvalue weighted by molar-refractivity contribution is -0.384. The Hall–Kier alpha value is -4.37. The van der Waals surface area contributed by atoms with E-state index >= 15 is 0 Å². The summed E-state index contributed by atoms with van der Waals surface area (Å²) in [6, 6.07) is 17.3. The Bertz CT molecular complexity index is 1290. The molecule has 0 saturated heterocycles. The Morgan fingerprint density at radius 2 is 1.94 bits per heavy atom. The third kappa shape index (κ3) is 5.66. The third-order valence-corrected chi connectivity index (χ3v) is 4.63. The number of hydrogen-bond acceptors (Lipinski definition) is 7. The fourth-order valence-corrected chi connectivity index (χ4v) is 3.03. The molecule has 4 rings (SSSR count). The van der Waals surface area contributed by atoms with Crippen molar-refractivity contribution in [1.82, 2.24) is 4.98 Å². The molecular formula is C23H16ClN3O6. The average Bonchev–Trinajstić information content (AvgIpc) is 3.28. The number of pyridine rings is 1. The molecule has 166 valence electrons. The third-order valence-electron chi connectivity index (χ3n) is 4.32. The molecule has 2 aromatic heterocycles. The van der Waals surface area contributed by atoms with E-state index < -0.39 is 10.8 Å². The van der Waals surface area contributed by atoms with Crippen LogP contribution in [0.2, 0.25) is 5.02 Å². The normalized spacial score (nSPS) is 10.5. The summed E-state index contributed by atoms with van der Waals surface area (Å²) in [4.78, 5) is 27.3. The number of para-hydroxylation sites is 1. The Morgan fingerprint density at radius 1 is 1.09 bits per heavy atom. The molecule has 0 spiro atoms. The average molecular weight is 466 g/mol. The van der Waals surface area contributed by atoms with Crippen LogP contribution in [0, 0.1) is 10.1 Å². The van der Waals surface area contributed by atoms with Crippen molar-refractivity contribution in [2.45, 2.75) is 6.61 Å². The molecule has 0 unspecified atom stereocenters. The van der Waals surface area contributed by atoms with Crippen LogP contribution in [0.25, 0.3) is 0 Å². The second-order valence-electron chi connectivity index (χ2n) is 6.70. The van der Waals surface area contributed by atoms with Crippen LogP contribution in [0.15, 0.2) is 83.5 Å². The van der Waals surface area contributed by atoms with Crippen LogP contribution in [-0.2, 0) is 6.61 Å². The number of nitrogens with one attached hydrogen (secondary N) is 1. The molecule has 2 aromatic carbocycles. The van der Waals surface area contributed by atoms with E-state index in [-0.39, 0.29) is 29.5 Å². The number of halogens is 1. The zero-order chi connectivity index (χ0) is 23.2. The lowest BCUT2D eigenvalue weighted by atomic mass is 10.2. The zero-order valence-electron chi connectivity index (χ0n) is 16.9. The summed E-state index contributed by atoms with van der Waals surface area (Å²) in [7, 11) is 0. The molecule has 10 heteroatoms. The number of hydrogen-bond donors (Lipinski definition) is 1. The summed E-state index contributed by atoms with van der Waals surface area (Å²) in [6.07, 6.45) is 3.04. The van der Waals surface area contributed by atoms with Crippen LogP contribution >= 0.6 is 11.6 Å². The van der Waals surface area contributed by atoms with E-state index in [1.165, 1.54) is 30.5 Å². The number of nitro groups is 1. The molecule has 0 saturated carbocycles. The van der Waals surface area contributed by atoms with Crippen LogP contribution in [0.5, 0.6) is 17.2 Å². The second kappa shape index (κ2) is 9.84. The van der Waals surface area contributed by atoms with Crippen molar-refractivity contribution in [3.05, 3.63) is 106 Å². The minimum atomic E-state index is -0.591. The number of amides is 1. The molecule has 0 radical (unpaired) electrons. The maximum atomic E-state index is 12.6. The summed E-state index contributed by atoms with van der Waals surface area (Å²) in [5, 5.41) is 14.3. The molecule has 0 aliphatic carbocycles. The van der Waals surface area contributed by atoms with Crippen molar-refractivity contribution in [1.29, 1.82) is 0 Å². The van der Waals surface area contributed by atoms with Crippen LogP contribution in [0.1, 0.15) is 16.3 Å². The number of rotatable bonds is 8. The van der Waals surface area contributed by atoms with Gasteiger partial charge in [0.25, 0.3) is 11.6 Å². The smallest absolute Gasteiger partial charge is 0.291 e. The minimum absolute atomic E-state index is 0.00833. The number of carbonyl (C=O) groups excluding carboxylic acids is 1. The number of benzene rings is 2. The van der Waals surface area contributed by atoms with E-state index in [9.17, 15) is 14.9 Å². The number of carbonyl (C=O) groups is 1. The second-order valence-corrected chi connectivity index (χ2v) is 7.11. The number of non-ortho nitro benzene ring substituents is 1. The topological polar surface area (TPSA) is 117 Å². The SMILES string of the molecule is O=C(Nc1cc(Oc2cccnc2)cc([N+](=O)[O-])c1)c1ccc(COc2ccccc2Cl)o1. The first kappa shape index (κ1) is 21.8. The monoisotopic (exact) mass is 465 g/mol. The highest BCUT2D eigenvalue weighted by atomic mass is 35.5. The first-order valence-corrected chi connectivity index (χ1v) is 10.0. The first-order chi connectivity index (χ1) is 16.0. The minimum Gasteiger partial charge on any atom is -0.484 e. The summed E-state index contributed by atoms with van der Waals surface area (Å²) < 4.78 is 16.7. The molecule has 0 bridgehead atoms. The predicted octanol–water partition coefficient (Wildman–Crippen LogP) is 5.86. The van der Waals surface area contributed by atoms with Gasteiger partial charge in [-0.1, -0.05) is 23.7 Å². The number of anilines is 1. The Morgan fingerprint density at radius 3 is 2.70 bits per heavy atom. The van der Waals surface area contributed by atoms with Gasteiger partial charge >= 0.3 is 0 Å². The highest BCUT2D eigenvalue weighted by Gasteiger charge is 2.16. The highest BCUT2D eigenvalue weighted by molar-refractivity contribution is 6.32. The molecule has 0 atom stereocenters. The van der Waals surface area contributed by atoms with Gasteiger partial charge in [0.05, 0.1) is 27.9 Å². The standard InChI is InChI=1S/C23H16ClN3O6/c24-20-5-1-2-6-21(20)31-14-18-7-8-22(33-18)23(28)26-15-10-16(27(29)30)12-19(11-15)32-17-4-3-9-25-13-17/h1-13H,14H2,(H,26,28). The molecule has 1 N–H and O–H groups in total. The first-order valence-electron chi connectivity index (χ1n) is 9.63. The molecule has 0 aliphatic rings. The van der Waals surface area contributed by atoms with E-state index in [0.717, 1.165) is 0 Å². The number of aromatic nitrogens is 1. The molecule has 33 heavy (non-hydrogen) atoms. The predicted molar refractivity (Wildman–Crippen MR) is 120 cm³/mol. The van der Waals surface area contributed by atoms with E-state index in [2.05, 4.69) is 10.3 Å².